The fraction of sp³-hybridized carbons (Fsp3) is 0.360. The molecule has 1 aromatic heterocycles. The molecule has 0 bridgehead atoms. The maximum absolute atomic E-state index is 8.84. The van der Waals surface area contributed by atoms with Crippen molar-refractivity contribution < 1.29 is 0 Å². The Hall–Kier alpha value is -2.15. The van der Waals surface area contributed by atoms with Crippen molar-refractivity contribution in [2.24, 2.45) is 5.92 Å². The minimum Gasteiger partial charge on any atom is -0.314 e. The molecule has 0 unspecified atom stereocenters. The second-order valence-electron chi connectivity index (χ2n) is 8.43. The smallest absolute Gasteiger partial charge is 0.135 e. The van der Waals surface area contributed by atoms with Crippen molar-refractivity contribution >= 4 is 45.5 Å². The summed E-state index contributed by atoms with van der Waals surface area (Å²) in [7, 11) is 0. The third-order valence-electron chi connectivity index (χ3n) is 6.52. The van der Waals surface area contributed by atoms with Crippen LogP contribution in [-0.4, -0.2) is 53.4 Å². The van der Waals surface area contributed by atoms with Crippen LogP contribution >= 0.6 is 23.1 Å². The minimum atomic E-state index is 0.266. The van der Waals surface area contributed by atoms with Gasteiger partial charge in [-0.1, -0.05) is 42.5 Å². The van der Waals surface area contributed by atoms with Crippen molar-refractivity contribution in [3.8, 4) is 0 Å². The van der Waals surface area contributed by atoms with Crippen molar-refractivity contribution in [3.05, 3.63) is 64.4 Å². The first-order valence-corrected chi connectivity index (χ1v) is 13.0. The topological polar surface area (TPSA) is 54.2 Å². The number of fused-ring (bicyclic) bond motifs is 2. The molecular weight excluding hydrogens is 420 g/mol. The number of benzene rings is 2. The zero-order chi connectivity index (χ0) is 21.2. The van der Waals surface area contributed by atoms with Gasteiger partial charge in [-0.15, -0.1) is 11.8 Å². The lowest BCUT2D eigenvalue weighted by molar-refractivity contribution is 0.207. The molecule has 3 heterocycles. The zero-order valence-electron chi connectivity index (χ0n) is 17.6. The maximum atomic E-state index is 8.84. The van der Waals surface area contributed by atoms with E-state index in [4.69, 9.17) is 10.8 Å². The number of thiophene rings is 1. The molecule has 6 heteroatoms. The van der Waals surface area contributed by atoms with Gasteiger partial charge in [0.1, 0.15) is 11.7 Å². The first kappa shape index (κ1) is 20.7. The predicted molar refractivity (Wildman–Crippen MR) is 133 cm³/mol. The van der Waals surface area contributed by atoms with Gasteiger partial charge in [0, 0.05) is 46.0 Å². The average Bonchev–Trinajstić information content (AvgIpc) is 3.22. The summed E-state index contributed by atoms with van der Waals surface area (Å²) in [4.78, 5) is 5.70. The fourth-order valence-electron chi connectivity index (χ4n) is 4.65. The number of hydrogen-bond donors (Lipinski definition) is 2. The Morgan fingerprint density at radius 1 is 1.00 bits per heavy atom. The SMILES string of the molecule is N=C1c2cscc2SCCN1C(=N)C1CCN(CCc2ccc3ccccc3c2)CC1. The Labute approximate surface area is 192 Å². The van der Waals surface area contributed by atoms with Crippen LogP contribution in [0.3, 0.4) is 0 Å². The van der Waals surface area contributed by atoms with Crippen LogP contribution in [0.2, 0.25) is 0 Å². The van der Waals surface area contributed by atoms with Gasteiger partial charge >= 0.3 is 0 Å². The Bertz CT molecular complexity index is 1100. The van der Waals surface area contributed by atoms with Crippen LogP contribution in [-0.2, 0) is 6.42 Å². The number of amidine groups is 2. The van der Waals surface area contributed by atoms with Gasteiger partial charge in [-0.25, -0.2) is 0 Å². The second-order valence-corrected chi connectivity index (χ2v) is 10.3. The van der Waals surface area contributed by atoms with E-state index in [2.05, 4.69) is 58.1 Å². The highest BCUT2D eigenvalue weighted by atomic mass is 32.2. The normalized spacial score (nSPS) is 18.2. The summed E-state index contributed by atoms with van der Waals surface area (Å²) >= 11 is 3.47. The van der Waals surface area contributed by atoms with E-state index in [1.54, 1.807) is 11.3 Å². The minimum absolute atomic E-state index is 0.266. The summed E-state index contributed by atoms with van der Waals surface area (Å²) in [6.45, 7) is 3.93. The molecule has 1 fully saturated rings. The molecule has 0 amide bonds. The highest BCUT2D eigenvalue weighted by molar-refractivity contribution is 7.99. The molecule has 2 aliphatic heterocycles. The van der Waals surface area contributed by atoms with E-state index < -0.39 is 0 Å². The third kappa shape index (κ3) is 4.43. The molecule has 2 N–H and O–H groups in total. The van der Waals surface area contributed by atoms with Crippen LogP contribution in [0.5, 0.6) is 0 Å². The first-order valence-electron chi connectivity index (χ1n) is 11.0. The van der Waals surface area contributed by atoms with Crippen LogP contribution in [0.15, 0.2) is 58.1 Å². The Morgan fingerprint density at radius 2 is 1.81 bits per heavy atom. The molecule has 0 spiro atoms. The van der Waals surface area contributed by atoms with E-state index >= 15 is 0 Å². The summed E-state index contributed by atoms with van der Waals surface area (Å²) in [6, 6.07) is 15.4. The molecule has 31 heavy (non-hydrogen) atoms. The molecule has 0 aliphatic carbocycles. The van der Waals surface area contributed by atoms with Crippen LogP contribution in [0.4, 0.5) is 0 Å². The zero-order valence-corrected chi connectivity index (χ0v) is 19.3. The van der Waals surface area contributed by atoms with E-state index in [1.165, 1.54) is 21.2 Å². The second kappa shape index (κ2) is 9.15. The lowest BCUT2D eigenvalue weighted by Gasteiger charge is -2.35. The van der Waals surface area contributed by atoms with Gasteiger partial charge in [-0.3, -0.25) is 10.8 Å². The standard InChI is InChI=1S/C25H28N4S2/c26-24(29-13-14-31-23-17-30-16-22(23)25(29)27)20-8-11-28(12-9-20)10-7-18-5-6-19-3-1-2-4-21(19)15-18/h1-6,15-17,20,26-27H,7-14H2. The predicted octanol–water partition coefficient (Wildman–Crippen LogP) is 5.57. The lowest BCUT2D eigenvalue weighted by atomic mass is 9.94. The quantitative estimate of drug-likeness (QED) is 0.405. The van der Waals surface area contributed by atoms with Gasteiger partial charge in [0.15, 0.2) is 0 Å². The molecule has 2 aromatic carbocycles. The largest absolute Gasteiger partial charge is 0.314 e. The number of likely N-dealkylation sites (tertiary alicyclic amines) is 1. The van der Waals surface area contributed by atoms with E-state index in [0.717, 1.165) is 56.8 Å². The molecule has 5 rings (SSSR count). The molecule has 1 saturated heterocycles. The highest BCUT2D eigenvalue weighted by Gasteiger charge is 2.30. The molecule has 160 valence electrons. The molecule has 2 aliphatic rings. The first-order chi connectivity index (χ1) is 15.2. The Morgan fingerprint density at radius 3 is 2.65 bits per heavy atom. The van der Waals surface area contributed by atoms with Gasteiger partial charge in [-0.05, 0) is 48.7 Å². The van der Waals surface area contributed by atoms with Crippen molar-refractivity contribution in [2.75, 3.05) is 31.9 Å². The summed E-state index contributed by atoms with van der Waals surface area (Å²) in [5.41, 5.74) is 2.40. The fourth-order valence-corrected chi connectivity index (χ4v) is 6.66. The Kier molecular flexibility index (Phi) is 6.12. The van der Waals surface area contributed by atoms with Crippen LogP contribution in [0.25, 0.3) is 10.8 Å². The number of rotatable bonds is 4. The number of nitrogens with zero attached hydrogens (tertiary/aromatic N) is 2. The van der Waals surface area contributed by atoms with Crippen LogP contribution in [0, 0.1) is 16.7 Å². The molecule has 0 radical (unpaired) electrons. The molecule has 4 nitrogen and oxygen atoms in total. The van der Waals surface area contributed by atoms with E-state index in [1.807, 2.05) is 16.7 Å². The van der Waals surface area contributed by atoms with Gasteiger partial charge in [0.25, 0.3) is 0 Å². The maximum Gasteiger partial charge on any atom is 0.135 e. The number of nitrogens with one attached hydrogen (secondary N) is 2. The van der Waals surface area contributed by atoms with Crippen LogP contribution in [0.1, 0.15) is 24.0 Å². The number of piperidine rings is 1. The van der Waals surface area contributed by atoms with Gasteiger partial charge in [0.2, 0.25) is 0 Å². The van der Waals surface area contributed by atoms with Crippen molar-refractivity contribution in [1.82, 2.24) is 9.80 Å². The summed E-state index contributed by atoms with van der Waals surface area (Å²) in [5, 5.41) is 24.3. The lowest BCUT2D eigenvalue weighted by Crippen LogP contribution is -2.45. The van der Waals surface area contributed by atoms with E-state index in [-0.39, 0.29) is 5.92 Å². The van der Waals surface area contributed by atoms with E-state index in [9.17, 15) is 0 Å². The highest BCUT2D eigenvalue weighted by Crippen LogP contribution is 2.32. The summed E-state index contributed by atoms with van der Waals surface area (Å²) in [6.07, 6.45) is 3.11. The third-order valence-corrected chi connectivity index (χ3v) is 8.45. The Balaban J connectivity index is 1.15. The van der Waals surface area contributed by atoms with Crippen LogP contribution < -0.4 is 0 Å². The molecule has 0 saturated carbocycles. The number of hydrogen-bond acceptors (Lipinski definition) is 5. The molecule has 0 atom stereocenters. The van der Waals surface area contributed by atoms with Crippen molar-refractivity contribution in [2.45, 2.75) is 24.2 Å². The summed E-state index contributed by atoms with van der Waals surface area (Å²) < 4.78 is 0. The van der Waals surface area contributed by atoms with Crippen molar-refractivity contribution in [1.29, 1.82) is 10.8 Å². The van der Waals surface area contributed by atoms with Gasteiger partial charge in [-0.2, -0.15) is 11.3 Å². The van der Waals surface area contributed by atoms with E-state index in [0.29, 0.717) is 11.7 Å². The molecule has 3 aromatic rings. The van der Waals surface area contributed by atoms with Gasteiger partial charge < -0.3 is 9.80 Å². The monoisotopic (exact) mass is 448 g/mol. The van der Waals surface area contributed by atoms with Gasteiger partial charge in [0.05, 0.1) is 0 Å². The summed E-state index contributed by atoms with van der Waals surface area (Å²) in [5.74, 6) is 2.38. The molecular formula is C25H28N4S2. The van der Waals surface area contributed by atoms with Crippen molar-refractivity contribution in [3.63, 3.8) is 0 Å². The number of thioether (sulfide) groups is 1. The average molecular weight is 449 g/mol.